The van der Waals surface area contributed by atoms with Gasteiger partial charge in [0.1, 0.15) is 18.0 Å². The maximum atomic E-state index is 12.2. The normalized spacial score (nSPS) is 13.4. The molecular formula is C25H32O4. The molecule has 0 aliphatic rings. The maximum Gasteiger partial charge on any atom is 0.309 e. The molecule has 0 heterocycles. The Labute approximate surface area is 174 Å². The molecule has 0 aliphatic carbocycles. The molecular weight excluding hydrogens is 364 g/mol. The summed E-state index contributed by atoms with van der Waals surface area (Å²) in [6.07, 6.45) is 0.912. The van der Waals surface area contributed by atoms with Crippen molar-refractivity contribution in [1.82, 2.24) is 0 Å². The average Bonchev–Trinajstić information content (AvgIpc) is 2.64. The molecule has 1 atom stereocenters. The molecule has 0 aliphatic heterocycles. The number of benzene rings is 2. The second-order valence-electron chi connectivity index (χ2n) is 8.49. The monoisotopic (exact) mass is 396 g/mol. The summed E-state index contributed by atoms with van der Waals surface area (Å²) < 4.78 is 11.2. The molecule has 0 saturated carbocycles. The number of rotatable bonds is 9. The number of aryl methyl sites for hydroxylation is 1. The van der Waals surface area contributed by atoms with Crippen LogP contribution in [0.5, 0.6) is 5.75 Å². The molecule has 29 heavy (non-hydrogen) atoms. The summed E-state index contributed by atoms with van der Waals surface area (Å²) in [5.74, 6) is 0.370. The second kappa shape index (κ2) is 9.75. The molecule has 4 nitrogen and oxygen atoms in total. The fourth-order valence-electron chi connectivity index (χ4n) is 2.91. The third kappa shape index (κ3) is 7.74. The first kappa shape index (κ1) is 22.7. The van der Waals surface area contributed by atoms with Gasteiger partial charge in [0.15, 0.2) is 0 Å². The molecule has 2 rings (SSSR count). The Morgan fingerprint density at radius 2 is 1.62 bits per heavy atom. The fraction of sp³-hybridized carbons (Fsp3) is 0.400. The van der Waals surface area contributed by atoms with Crippen molar-refractivity contribution in [3.8, 4) is 5.75 Å². The molecule has 0 bridgehead atoms. The third-order valence-corrected chi connectivity index (χ3v) is 4.65. The lowest BCUT2D eigenvalue weighted by molar-refractivity contribution is -0.159. The number of carbonyl (C=O) groups excluding carboxylic acids is 1. The van der Waals surface area contributed by atoms with Gasteiger partial charge in [-0.05, 0) is 69.4 Å². The summed E-state index contributed by atoms with van der Waals surface area (Å²) in [5.41, 5.74) is 0.866. The van der Waals surface area contributed by atoms with Crippen LogP contribution in [0.4, 0.5) is 0 Å². The van der Waals surface area contributed by atoms with E-state index in [1.54, 1.807) is 6.92 Å². The van der Waals surface area contributed by atoms with Gasteiger partial charge >= 0.3 is 5.97 Å². The zero-order chi connectivity index (χ0) is 21.5. The number of aliphatic hydroxyl groups is 1. The van der Waals surface area contributed by atoms with E-state index < -0.39 is 17.2 Å². The first-order valence-corrected chi connectivity index (χ1v) is 9.93. The van der Waals surface area contributed by atoms with E-state index >= 15 is 0 Å². The van der Waals surface area contributed by atoms with E-state index in [0.717, 1.165) is 16.9 Å². The largest absolute Gasteiger partial charge is 0.489 e. The molecule has 156 valence electrons. The van der Waals surface area contributed by atoms with Gasteiger partial charge in [-0.2, -0.15) is 0 Å². The van der Waals surface area contributed by atoms with E-state index in [0.29, 0.717) is 25.0 Å². The molecule has 0 spiro atoms. The quantitative estimate of drug-likeness (QED) is 0.465. The molecule has 1 unspecified atom stereocenters. The van der Waals surface area contributed by atoms with Crippen molar-refractivity contribution in [2.45, 2.75) is 64.8 Å². The van der Waals surface area contributed by atoms with Crippen molar-refractivity contribution in [1.29, 1.82) is 0 Å². The van der Waals surface area contributed by atoms with Crippen LogP contribution in [0.3, 0.4) is 0 Å². The third-order valence-electron chi connectivity index (χ3n) is 4.65. The SMILES string of the molecule is C=C(C)C(O)(CCc1ccc(OCc2ccccc2)cc1)CC(=O)OC(C)(C)C. The van der Waals surface area contributed by atoms with Gasteiger partial charge in [-0.3, -0.25) is 4.79 Å². The molecule has 0 amide bonds. The van der Waals surface area contributed by atoms with Gasteiger partial charge in [0.05, 0.1) is 12.0 Å². The van der Waals surface area contributed by atoms with Crippen LogP contribution in [0.2, 0.25) is 0 Å². The Bertz CT molecular complexity index is 803. The number of hydrogen-bond acceptors (Lipinski definition) is 4. The van der Waals surface area contributed by atoms with E-state index in [1.165, 1.54) is 0 Å². The lowest BCUT2D eigenvalue weighted by atomic mass is 9.86. The average molecular weight is 397 g/mol. The predicted molar refractivity (Wildman–Crippen MR) is 116 cm³/mol. The van der Waals surface area contributed by atoms with Gasteiger partial charge in [0, 0.05) is 0 Å². The molecule has 2 aromatic rings. The standard InChI is InChI=1S/C25H32O4/c1-19(2)25(27,17-23(26)29-24(3,4)5)16-15-20-11-13-22(14-12-20)28-18-21-9-7-6-8-10-21/h6-14,27H,1,15-18H2,2-5H3. The van der Waals surface area contributed by atoms with Crippen molar-refractivity contribution < 1.29 is 19.4 Å². The lowest BCUT2D eigenvalue weighted by Crippen LogP contribution is -2.36. The van der Waals surface area contributed by atoms with E-state index in [1.807, 2.05) is 75.4 Å². The number of esters is 1. The summed E-state index contributed by atoms with van der Waals surface area (Å²) in [7, 11) is 0. The molecule has 0 radical (unpaired) electrons. The van der Waals surface area contributed by atoms with Gasteiger partial charge in [-0.1, -0.05) is 49.0 Å². The minimum absolute atomic E-state index is 0.0993. The minimum Gasteiger partial charge on any atom is -0.489 e. The predicted octanol–water partition coefficient (Wildman–Crippen LogP) is 5.24. The Balaban J connectivity index is 1.92. The van der Waals surface area contributed by atoms with Crippen LogP contribution in [0.25, 0.3) is 0 Å². The second-order valence-corrected chi connectivity index (χ2v) is 8.49. The van der Waals surface area contributed by atoms with Crippen molar-refractivity contribution in [2.24, 2.45) is 0 Å². The van der Waals surface area contributed by atoms with Crippen LogP contribution >= 0.6 is 0 Å². The van der Waals surface area contributed by atoms with Crippen molar-refractivity contribution in [2.75, 3.05) is 0 Å². The van der Waals surface area contributed by atoms with Crippen molar-refractivity contribution in [3.63, 3.8) is 0 Å². The Hall–Kier alpha value is -2.59. The van der Waals surface area contributed by atoms with Crippen LogP contribution in [0, 0.1) is 0 Å². The Morgan fingerprint density at radius 1 is 1.00 bits per heavy atom. The van der Waals surface area contributed by atoms with Gasteiger partial charge in [0.25, 0.3) is 0 Å². The van der Waals surface area contributed by atoms with Gasteiger partial charge in [-0.15, -0.1) is 0 Å². The van der Waals surface area contributed by atoms with Crippen LogP contribution in [0.15, 0.2) is 66.7 Å². The maximum absolute atomic E-state index is 12.2. The van der Waals surface area contributed by atoms with E-state index in [-0.39, 0.29) is 6.42 Å². The topological polar surface area (TPSA) is 55.8 Å². The highest BCUT2D eigenvalue weighted by atomic mass is 16.6. The highest BCUT2D eigenvalue weighted by Crippen LogP contribution is 2.28. The summed E-state index contributed by atoms with van der Waals surface area (Å²) >= 11 is 0. The zero-order valence-electron chi connectivity index (χ0n) is 17.9. The lowest BCUT2D eigenvalue weighted by Gasteiger charge is -2.29. The van der Waals surface area contributed by atoms with Gasteiger partial charge in [-0.25, -0.2) is 0 Å². The van der Waals surface area contributed by atoms with Crippen LogP contribution in [-0.2, 0) is 22.6 Å². The summed E-state index contributed by atoms with van der Waals surface area (Å²) in [6.45, 7) is 11.6. The molecule has 1 N–H and O–H groups in total. The van der Waals surface area contributed by atoms with Crippen LogP contribution < -0.4 is 4.74 Å². The Kier molecular flexibility index (Phi) is 7.63. The number of hydrogen-bond donors (Lipinski definition) is 1. The van der Waals surface area contributed by atoms with Crippen LogP contribution in [0.1, 0.15) is 51.7 Å². The van der Waals surface area contributed by atoms with Gasteiger partial charge < -0.3 is 14.6 Å². The number of ether oxygens (including phenoxy) is 2. The highest BCUT2D eigenvalue weighted by molar-refractivity contribution is 5.72. The number of carbonyl (C=O) groups is 1. The molecule has 0 saturated heterocycles. The van der Waals surface area contributed by atoms with Crippen molar-refractivity contribution >= 4 is 5.97 Å². The van der Waals surface area contributed by atoms with Crippen LogP contribution in [-0.4, -0.2) is 22.3 Å². The smallest absolute Gasteiger partial charge is 0.309 e. The van der Waals surface area contributed by atoms with Crippen molar-refractivity contribution in [3.05, 3.63) is 77.9 Å². The van der Waals surface area contributed by atoms with E-state index in [9.17, 15) is 9.90 Å². The molecule has 4 heteroatoms. The first-order chi connectivity index (χ1) is 13.6. The molecule has 2 aromatic carbocycles. The summed E-state index contributed by atoms with van der Waals surface area (Å²) in [6, 6.07) is 17.8. The highest BCUT2D eigenvalue weighted by Gasteiger charge is 2.33. The summed E-state index contributed by atoms with van der Waals surface area (Å²) in [4.78, 5) is 12.2. The minimum atomic E-state index is -1.29. The summed E-state index contributed by atoms with van der Waals surface area (Å²) in [5, 5.41) is 11.0. The molecule has 0 aromatic heterocycles. The van der Waals surface area contributed by atoms with Gasteiger partial charge in [0.2, 0.25) is 0 Å². The molecule has 0 fully saturated rings. The van der Waals surface area contributed by atoms with E-state index in [4.69, 9.17) is 9.47 Å². The first-order valence-electron chi connectivity index (χ1n) is 9.93. The zero-order valence-corrected chi connectivity index (χ0v) is 17.9. The fourth-order valence-corrected chi connectivity index (χ4v) is 2.91. The van der Waals surface area contributed by atoms with E-state index in [2.05, 4.69) is 6.58 Å². The Morgan fingerprint density at radius 3 is 2.17 bits per heavy atom.